The van der Waals surface area contributed by atoms with Crippen LogP contribution in [0.3, 0.4) is 0 Å². The molecule has 1 fully saturated rings. The normalized spacial score (nSPS) is 18.7. The van der Waals surface area contributed by atoms with E-state index in [4.69, 9.17) is 9.47 Å². The summed E-state index contributed by atoms with van der Waals surface area (Å²) in [6.45, 7) is 2.78. The maximum absolute atomic E-state index is 11.8. The molecule has 2 unspecified atom stereocenters. The average Bonchev–Trinajstić information content (AvgIpc) is 3.43. The first-order chi connectivity index (χ1) is 12.8. The highest BCUT2D eigenvalue weighted by atomic mass is 16.6. The topological polar surface area (TPSA) is 38.8 Å². The molecule has 1 aliphatic heterocycles. The van der Waals surface area contributed by atoms with E-state index in [2.05, 4.69) is 6.92 Å². The van der Waals surface area contributed by atoms with Gasteiger partial charge in [0.05, 0.1) is 24.4 Å². The van der Waals surface area contributed by atoms with Crippen LogP contribution in [0.2, 0.25) is 0 Å². The van der Waals surface area contributed by atoms with Gasteiger partial charge in [0.15, 0.2) is 0 Å². The lowest BCUT2D eigenvalue weighted by atomic mass is 10.0. The van der Waals surface area contributed by atoms with Crippen LogP contribution in [0.4, 0.5) is 0 Å². The largest absolute Gasteiger partial charge is 0.462 e. The van der Waals surface area contributed by atoms with Gasteiger partial charge < -0.3 is 9.47 Å². The zero-order valence-electron chi connectivity index (χ0n) is 16.5. The van der Waals surface area contributed by atoms with E-state index in [1.54, 1.807) is 12.1 Å². The van der Waals surface area contributed by atoms with Crippen LogP contribution in [-0.4, -0.2) is 24.8 Å². The fourth-order valence-electron chi connectivity index (χ4n) is 3.42. The van der Waals surface area contributed by atoms with E-state index >= 15 is 0 Å². The van der Waals surface area contributed by atoms with Gasteiger partial charge in [-0.3, -0.25) is 0 Å². The van der Waals surface area contributed by atoms with Gasteiger partial charge in [0, 0.05) is 0 Å². The second-order valence-electron chi connectivity index (χ2n) is 7.47. The van der Waals surface area contributed by atoms with Gasteiger partial charge in [-0.15, -0.1) is 0 Å². The van der Waals surface area contributed by atoms with Crippen molar-refractivity contribution >= 4 is 5.97 Å². The average molecular weight is 361 g/mol. The number of ether oxygens (including phenoxy) is 2. The van der Waals surface area contributed by atoms with Crippen LogP contribution in [0.5, 0.6) is 0 Å². The minimum absolute atomic E-state index is 0.206. The minimum atomic E-state index is -0.206. The summed E-state index contributed by atoms with van der Waals surface area (Å²) in [5, 5.41) is 0. The molecule has 3 heteroatoms. The Morgan fingerprint density at radius 3 is 2.08 bits per heavy atom. The van der Waals surface area contributed by atoms with Crippen LogP contribution in [0.25, 0.3) is 0 Å². The van der Waals surface area contributed by atoms with Crippen LogP contribution >= 0.6 is 0 Å². The number of rotatable bonds is 15. The maximum Gasteiger partial charge on any atom is 0.338 e. The number of carbonyl (C=O) groups excluding carboxylic acids is 1. The molecule has 0 amide bonds. The number of epoxide rings is 1. The van der Waals surface area contributed by atoms with E-state index in [-0.39, 0.29) is 5.97 Å². The number of carbonyl (C=O) groups is 1. The summed E-state index contributed by atoms with van der Waals surface area (Å²) in [6, 6.07) is 9.21. The van der Waals surface area contributed by atoms with Crippen molar-refractivity contribution in [3.63, 3.8) is 0 Å². The van der Waals surface area contributed by atoms with Crippen molar-refractivity contribution in [3.8, 4) is 0 Å². The highest BCUT2D eigenvalue weighted by molar-refractivity contribution is 5.89. The summed E-state index contributed by atoms with van der Waals surface area (Å²) >= 11 is 0. The third kappa shape index (κ3) is 8.84. The Balaban J connectivity index is 1.31. The van der Waals surface area contributed by atoms with Crippen LogP contribution in [0.15, 0.2) is 30.3 Å². The molecule has 0 aromatic heterocycles. The Morgan fingerprint density at radius 1 is 0.846 bits per heavy atom. The van der Waals surface area contributed by atoms with Crippen molar-refractivity contribution in [1.82, 2.24) is 0 Å². The molecule has 2 rings (SSSR count). The number of benzene rings is 1. The molecule has 26 heavy (non-hydrogen) atoms. The first-order valence-electron chi connectivity index (χ1n) is 10.7. The van der Waals surface area contributed by atoms with E-state index < -0.39 is 0 Å². The fraction of sp³-hybridized carbons (Fsp3) is 0.696. The smallest absolute Gasteiger partial charge is 0.338 e. The molecule has 146 valence electrons. The van der Waals surface area contributed by atoms with Crippen LogP contribution in [0, 0.1) is 0 Å². The van der Waals surface area contributed by atoms with Gasteiger partial charge in [-0.05, 0) is 31.4 Å². The molecule has 2 atom stereocenters. The van der Waals surface area contributed by atoms with E-state index in [0.717, 1.165) is 12.8 Å². The molecule has 0 bridgehead atoms. The Kier molecular flexibility index (Phi) is 10.4. The fourth-order valence-corrected chi connectivity index (χ4v) is 3.42. The van der Waals surface area contributed by atoms with E-state index in [1.165, 1.54) is 64.2 Å². The van der Waals surface area contributed by atoms with Crippen LogP contribution in [-0.2, 0) is 9.47 Å². The van der Waals surface area contributed by atoms with Gasteiger partial charge in [0.2, 0.25) is 0 Å². The standard InChI is InChI=1S/C23H36O3/c1-2-3-17-21-22(26-21)18-13-8-6-4-5-7-9-14-19-25-23(24)20-15-11-10-12-16-20/h10-12,15-16,21-22H,2-9,13-14,17-19H2,1H3. The molecule has 1 aromatic carbocycles. The molecule has 0 spiro atoms. The first kappa shape index (κ1) is 21.0. The Bertz CT molecular complexity index is 485. The van der Waals surface area contributed by atoms with Crippen molar-refractivity contribution < 1.29 is 14.3 Å². The summed E-state index contributed by atoms with van der Waals surface area (Å²) in [7, 11) is 0. The first-order valence-corrected chi connectivity index (χ1v) is 10.7. The third-order valence-electron chi connectivity index (χ3n) is 5.16. The van der Waals surface area contributed by atoms with Gasteiger partial charge in [-0.2, -0.15) is 0 Å². The van der Waals surface area contributed by atoms with Crippen LogP contribution < -0.4 is 0 Å². The molecule has 3 nitrogen and oxygen atoms in total. The molecule has 1 heterocycles. The summed E-state index contributed by atoms with van der Waals surface area (Å²) in [4.78, 5) is 11.8. The minimum Gasteiger partial charge on any atom is -0.462 e. The van der Waals surface area contributed by atoms with Gasteiger partial charge in [-0.25, -0.2) is 4.79 Å². The van der Waals surface area contributed by atoms with E-state index in [0.29, 0.717) is 24.4 Å². The van der Waals surface area contributed by atoms with Crippen LogP contribution in [0.1, 0.15) is 94.3 Å². The van der Waals surface area contributed by atoms with Gasteiger partial charge in [-0.1, -0.05) is 82.9 Å². The van der Waals surface area contributed by atoms with Gasteiger partial charge in [0.1, 0.15) is 0 Å². The second-order valence-corrected chi connectivity index (χ2v) is 7.47. The Labute approximate surface area is 159 Å². The Morgan fingerprint density at radius 2 is 1.42 bits per heavy atom. The molecular formula is C23H36O3. The summed E-state index contributed by atoms with van der Waals surface area (Å²) in [6.07, 6.45) is 16.3. The molecule has 1 aromatic rings. The van der Waals surface area contributed by atoms with E-state index in [9.17, 15) is 4.79 Å². The number of hydrogen-bond acceptors (Lipinski definition) is 3. The molecular weight excluding hydrogens is 324 g/mol. The third-order valence-corrected chi connectivity index (χ3v) is 5.16. The monoisotopic (exact) mass is 360 g/mol. The van der Waals surface area contributed by atoms with E-state index in [1.807, 2.05) is 18.2 Å². The summed E-state index contributed by atoms with van der Waals surface area (Å²) in [5.74, 6) is -0.206. The molecule has 0 aliphatic carbocycles. The predicted octanol–water partition coefficient (Wildman–Crippen LogP) is 6.31. The molecule has 0 radical (unpaired) electrons. The quantitative estimate of drug-likeness (QED) is 0.209. The zero-order chi connectivity index (χ0) is 18.5. The molecule has 1 saturated heterocycles. The lowest BCUT2D eigenvalue weighted by molar-refractivity contribution is 0.0497. The number of hydrogen-bond donors (Lipinski definition) is 0. The molecule has 0 N–H and O–H groups in total. The second kappa shape index (κ2) is 12.9. The lowest BCUT2D eigenvalue weighted by Gasteiger charge is -2.05. The van der Waals surface area contributed by atoms with Gasteiger partial charge in [0.25, 0.3) is 0 Å². The lowest BCUT2D eigenvalue weighted by Crippen LogP contribution is -2.06. The number of esters is 1. The SMILES string of the molecule is CCCCC1OC1CCCCCCCCCCOC(=O)c1ccccc1. The van der Waals surface area contributed by atoms with Crippen molar-refractivity contribution in [2.45, 2.75) is 96.2 Å². The number of unbranched alkanes of at least 4 members (excludes halogenated alkanes) is 8. The summed E-state index contributed by atoms with van der Waals surface area (Å²) in [5.41, 5.74) is 0.640. The highest BCUT2D eigenvalue weighted by Crippen LogP contribution is 2.31. The highest BCUT2D eigenvalue weighted by Gasteiger charge is 2.36. The van der Waals surface area contributed by atoms with Crippen molar-refractivity contribution in [3.05, 3.63) is 35.9 Å². The van der Waals surface area contributed by atoms with Gasteiger partial charge >= 0.3 is 5.97 Å². The molecule has 1 aliphatic rings. The Hall–Kier alpha value is -1.35. The maximum atomic E-state index is 11.8. The van der Waals surface area contributed by atoms with Crippen molar-refractivity contribution in [2.75, 3.05) is 6.61 Å². The summed E-state index contributed by atoms with van der Waals surface area (Å²) < 4.78 is 11.0. The van der Waals surface area contributed by atoms with Crippen molar-refractivity contribution in [1.29, 1.82) is 0 Å². The van der Waals surface area contributed by atoms with Crippen molar-refractivity contribution in [2.24, 2.45) is 0 Å². The predicted molar refractivity (Wildman–Crippen MR) is 106 cm³/mol. The zero-order valence-corrected chi connectivity index (χ0v) is 16.5. The molecule has 0 saturated carbocycles.